The van der Waals surface area contributed by atoms with E-state index in [2.05, 4.69) is 34.7 Å². The van der Waals surface area contributed by atoms with Crippen LogP contribution in [0, 0.1) is 5.92 Å². The van der Waals surface area contributed by atoms with Crippen LogP contribution >= 0.6 is 0 Å². The Morgan fingerprint density at radius 1 is 1.14 bits per heavy atom. The highest BCUT2D eigenvalue weighted by Gasteiger charge is 2.18. The molecular weight excluding hydrogens is 258 g/mol. The zero-order chi connectivity index (χ0) is 14.5. The van der Waals surface area contributed by atoms with Gasteiger partial charge in [0, 0.05) is 23.8 Å². The van der Waals surface area contributed by atoms with Gasteiger partial charge in [-0.3, -0.25) is 16.3 Å². The molecule has 0 amide bonds. The molecule has 3 heteroatoms. The highest BCUT2D eigenvalue weighted by molar-refractivity contribution is 5.85. The van der Waals surface area contributed by atoms with Gasteiger partial charge in [-0.15, -0.1) is 0 Å². The second kappa shape index (κ2) is 7.01. The lowest BCUT2D eigenvalue weighted by molar-refractivity contribution is 0.315. The number of pyridine rings is 1. The maximum atomic E-state index is 5.83. The first-order valence-corrected chi connectivity index (χ1v) is 8.17. The van der Waals surface area contributed by atoms with Crippen LogP contribution in [0.25, 0.3) is 10.8 Å². The van der Waals surface area contributed by atoms with E-state index in [0.717, 1.165) is 12.3 Å². The van der Waals surface area contributed by atoms with Crippen molar-refractivity contribution in [3.63, 3.8) is 0 Å². The van der Waals surface area contributed by atoms with Crippen molar-refractivity contribution in [1.82, 2.24) is 10.4 Å². The van der Waals surface area contributed by atoms with E-state index in [0.29, 0.717) is 0 Å². The van der Waals surface area contributed by atoms with Crippen LogP contribution in [-0.4, -0.2) is 4.98 Å². The van der Waals surface area contributed by atoms with Crippen molar-refractivity contribution in [2.75, 3.05) is 0 Å². The molecule has 112 valence electrons. The van der Waals surface area contributed by atoms with Crippen LogP contribution in [0.5, 0.6) is 0 Å². The van der Waals surface area contributed by atoms with Crippen molar-refractivity contribution in [3.8, 4) is 0 Å². The molecule has 1 unspecified atom stereocenters. The Hall–Kier alpha value is -1.45. The van der Waals surface area contributed by atoms with E-state index in [1.807, 2.05) is 12.4 Å². The van der Waals surface area contributed by atoms with Crippen LogP contribution in [0.15, 0.2) is 36.7 Å². The number of nitrogens with one attached hydrogen (secondary N) is 1. The van der Waals surface area contributed by atoms with E-state index in [4.69, 9.17) is 5.84 Å². The number of hydrazine groups is 1. The van der Waals surface area contributed by atoms with E-state index < -0.39 is 0 Å². The van der Waals surface area contributed by atoms with E-state index in [9.17, 15) is 0 Å². The Bertz CT molecular complexity index is 570. The Morgan fingerprint density at radius 2 is 1.95 bits per heavy atom. The summed E-state index contributed by atoms with van der Waals surface area (Å²) >= 11 is 0. The van der Waals surface area contributed by atoms with Crippen molar-refractivity contribution < 1.29 is 0 Å². The zero-order valence-corrected chi connectivity index (χ0v) is 12.6. The smallest absolute Gasteiger partial charge is 0.0481 e. The van der Waals surface area contributed by atoms with Crippen LogP contribution in [0.3, 0.4) is 0 Å². The molecular formula is C18H25N3. The summed E-state index contributed by atoms with van der Waals surface area (Å²) in [6.45, 7) is 0. The van der Waals surface area contributed by atoms with Crippen molar-refractivity contribution >= 4 is 10.8 Å². The molecule has 3 rings (SSSR count). The summed E-state index contributed by atoms with van der Waals surface area (Å²) in [7, 11) is 0. The Morgan fingerprint density at radius 3 is 2.76 bits per heavy atom. The van der Waals surface area contributed by atoms with Gasteiger partial charge in [-0.2, -0.15) is 0 Å². The molecule has 0 spiro atoms. The van der Waals surface area contributed by atoms with Gasteiger partial charge in [0.15, 0.2) is 0 Å². The Labute approximate surface area is 126 Å². The third-order valence-corrected chi connectivity index (χ3v) is 4.86. The van der Waals surface area contributed by atoms with E-state index >= 15 is 0 Å². The van der Waals surface area contributed by atoms with E-state index in [1.54, 1.807) is 0 Å². The van der Waals surface area contributed by atoms with Crippen molar-refractivity contribution in [2.24, 2.45) is 11.8 Å². The third-order valence-electron chi connectivity index (χ3n) is 4.86. The number of nitrogens with zero attached hydrogens (tertiary/aromatic N) is 1. The fourth-order valence-electron chi connectivity index (χ4n) is 3.62. The molecule has 0 saturated heterocycles. The third kappa shape index (κ3) is 3.42. The Kier molecular flexibility index (Phi) is 4.84. The molecule has 1 aromatic heterocycles. The van der Waals surface area contributed by atoms with E-state index in [-0.39, 0.29) is 6.04 Å². The number of rotatable bonds is 5. The standard InChI is InChI=1S/C18H25N3/c19-21-18(11-10-14-6-2-1-3-7-14)17-13-20-12-15-8-4-5-9-16(15)17/h4-5,8-9,12-14,18,21H,1-3,6-7,10-11,19H2. The summed E-state index contributed by atoms with van der Waals surface area (Å²) in [4.78, 5) is 4.38. The topological polar surface area (TPSA) is 50.9 Å². The van der Waals surface area contributed by atoms with Crippen molar-refractivity contribution in [3.05, 3.63) is 42.2 Å². The van der Waals surface area contributed by atoms with Crippen LogP contribution in [0.2, 0.25) is 0 Å². The van der Waals surface area contributed by atoms with Gasteiger partial charge in [-0.25, -0.2) is 0 Å². The molecule has 1 heterocycles. The fraction of sp³-hybridized carbons (Fsp3) is 0.500. The highest BCUT2D eigenvalue weighted by Crippen LogP contribution is 2.31. The summed E-state index contributed by atoms with van der Waals surface area (Å²) in [6, 6.07) is 8.62. The normalized spacial score (nSPS) is 18.0. The minimum Gasteiger partial charge on any atom is -0.271 e. The molecule has 1 saturated carbocycles. The lowest BCUT2D eigenvalue weighted by Crippen LogP contribution is -2.29. The molecule has 3 N–H and O–H groups in total. The molecule has 1 aromatic carbocycles. The summed E-state index contributed by atoms with van der Waals surface area (Å²) in [6.07, 6.45) is 13.3. The predicted octanol–water partition coefficient (Wildman–Crippen LogP) is 4.10. The molecule has 2 aromatic rings. The molecule has 21 heavy (non-hydrogen) atoms. The number of fused-ring (bicyclic) bond motifs is 1. The summed E-state index contributed by atoms with van der Waals surface area (Å²) < 4.78 is 0. The maximum absolute atomic E-state index is 5.83. The predicted molar refractivity (Wildman–Crippen MR) is 87.6 cm³/mol. The van der Waals surface area contributed by atoms with Gasteiger partial charge < -0.3 is 0 Å². The van der Waals surface area contributed by atoms with Crippen molar-refractivity contribution in [2.45, 2.75) is 51.0 Å². The number of nitrogens with two attached hydrogens (primary N) is 1. The molecule has 1 atom stereocenters. The highest BCUT2D eigenvalue weighted by atomic mass is 15.2. The summed E-state index contributed by atoms with van der Waals surface area (Å²) in [5, 5.41) is 2.45. The van der Waals surface area contributed by atoms with Gasteiger partial charge in [0.1, 0.15) is 0 Å². The lowest BCUT2D eigenvalue weighted by Gasteiger charge is -2.24. The fourth-order valence-corrected chi connectivity index (χ4v) is 3.62. The van der Waals surface area contributed by atoms with Crippen LogP contribution in [-0.2, 0) is 0 Å². The summed E-state index contributed by atoms with van der Waals surface area (Å²) in [5.74, 6) is 6.72. The number of hydrogen-bond acceptors (Lipinski definition) is 3. The first-order valence-electron chi connectivity index (χ1n) is 8.17. The minimum absolute atomic E-state index is 0.200. The molecule has 0 bridgehead atoms. The van der Waals surface area contributed by atoms with Crippen molar-refractivity contribution in [1.29, 1.82) is 0 Å². The van der Waals surface area contributed by atoms with Gasteiger partial charge in [0.25, 0.3) is 0 Å². The van der Waals surface area contributed by atoms with Gasteiger partial charge in [-0.1, -0.05) is 56.4 Å². The number of benzene rings is 1. The molecule has 1 fully saturated rings. The van der Waals surface area contributed by atoms with Gasteiger partial charge in [-0.05, 0) is 29.7 Å². The zero-order valence-electron chi connectivity index (χ0n) is 12.6. The molecule has 0 radical (unpaired) electrons. The molecule has 0 aliphatic heterocycles. The second-order valence-corrected chi connectivity index (χ2v) is 6.25. The van der Waals surface area contributed by atoms with Gasteiger partial charge in [0.2, 0.25) is 0 Å². The quantitative estimate of drug-likeness (QED) is 0.641. The minimum atomic E-state index is 0.200. The number of hydrogen-bond donors (Lipinski definition) is 2. The largest absolute Gasteiger partial charge is 0.271 e. The molecule has 1 aliphatic carbocycles. The van der Waals surface area contributed by atoms with Gasteiger partial charge in [0.05, 0.1) is 0 Å². The molecule has 3 nitrogen and oxygen atoms in total. The van der Waals surface area contributed by atoms with E-state index in [1.165, 1.54) is 54.9 Å². The lowest BCUT2D eigenvalue weighted by atomic mass is 9.84. The van der Waals surface area contributed by atoms with Gasteiger partial charge >= 0.3 is 0 Å². The SMILES string of the molecule is NNC(CCC1CCCCC1)c1cncc2ccccc12. The average Bonchev–Trinajstić information content (AvgIpc) is 2.56. The van der Waals surface area contributed by atoms with Crippen LogP contribution in [0.1, 0.15) is 56.6 Å². The first kappa shape index (κ1) is 14.5. The average molecular weight is 283 g/mol. The second-order valence-electron chi connectivity index (χ2n) is 6.25. The first-order chi connectivity index (χ1) is 10.4. The summed E-state index contributed by atoms with van der Waals surface area (Å²) in [5.41, 5.74) is 4.24. The van der Waals surface area contributed by atoms with Crippen LogP contribution in [0.4, 0.5) is 0 Å². The monoisotopic (exact) mass is 283 g/mol. The molecule has 1 aliphatic rings. The Balaban J connectivity index is 1.75. The maximum Gasteiger partial charge on any atom is 0.0481 e. The number of aromatic nitrogens is 1. The van der Waals surface area contributed by atoms with Crippen LogP contribution < -0.4 is 11.3 Å².